The Balaban J connectivity index is 2.06. The van der Waals surface area contributed by atoms with Crippen molar-refractivity contribution in [1.82, 2.24) is 0 Å². The van der Waals surface area contributed by atoms with Gasteiger partial charge >= 0.3 is 6.18 Å². The first kappa shape index (κ1) is 16.3. The molecule has 1 atom stereocenters. The minimum Gasteiger partial charge on any atom is -0.324 e. The highest BCUT2D eigenvalue weighted by atomic mass is 19.4. The Morgan fingerprint density at radius 2 is 1.76 bits per heavy atom. The molecule has 1 aliphatic carbocycles. The average Bonchev–Trinajstić information content (AvgIpc) is 2.66. The van der Waals surface area contributed by atoms with Crippen molar-refractivity contribution in [3.63, 3.8) is 0 Å². The van der Waals surface area contributed by atoms with Gasteiger partial charge in [-0.15, -0.1) is 0 Å². The molecule has 1 nitrogen and oxygen atoms in total. The molecule has 0 amide bonds. The monoisotopic (exact) mass is 299 g/mol. The van der Waals surface area contributed by atoms with E-state index in [9.17, 15) is 13.2 Å². The first-order chi connectivity index (χ1) is 9.88. The fourth-order valence-electron chi connectivity index (χ4n) is 3.35. The molecular formula is C17H24F3N. The lowest BCUT2D eigenvalue weighted by atomic mass is 9.88. The molecule has 21 heavy (non-hydrogen) atoms. The Kier molecular flexibility index (Phi) is 5.31. The van der Waals surface area contributed by atoms with Crippen LogP contribution in [0, 0.1) is 12.8 Å². The minimum absolute atomic E-state index is 0.157. The molecule has 2 N–H and O–H groups in total. The summed E-state index contributed by atoms with van der Waals surface area (Å²) < 4.78 is 38.1. The van der Waals surface area contributed by atoms with Crippen molar-refractivity contribution in [3.05, 3.63) is 34.9 Å². The zero-order chi connectivity index (χ0) is 15.5. The molecule has 0 aliphatic heterocycles. The summed E-state index contributed by atoms with van der Waals surface area (Å²) in [6.07, 6.45) is 4.10. The highest BCUT2D eigenvalue weighted by Gasteiger charge is 2.31. The molecule has 0 spiro atoms. The van der Waals surface area contributed by atoms with Gasteiger partial charge in [0.25, 0.3) is 0 Å². The fourth-order valence-corrected chi connectivity index (χ4v) is 3.35. The molecule has 1 unspecified atom stereocenters. The van der Waals surface area contributed by atoms with Crippen LogP contribution in [0.1, 0.15) is 67.7 Å². The third-order valence-corrected chi connectivity index (χ3v) is 4.56. The van der Waals surface area contributed by atoms with Gasteiger partial charge in [0.1, 0.15) is 0 Å². The van der Waals surface area contributed by atoms with Gasteiger partial charge in [0.15, 0.2) is 0 Å². The van der Waals surface area contributed by atoms with Gasteiger partial charge in [-0.3, -0.25) is 0 Å². The van der Waals surface area contributed by atoms with Gasteiger partial charge in [0.2, 0.25) is 0 Å². The van der Waals surface area contributed by atoms with E-state index >= 15 is 0 Å². The van der Waals surface area contributed by atoms with Crippen LogP contribution >= 0.6 is 0 Å². The summed E-state index contributed by atoms with van der Waals surface area (Å²) in [5, 5.41) is 0. The molecule has 1 fully saturated rings. The van der Waals surface area contributed by atoms with E-state index in [1.54, 1.807) is 13.0 Å². The Morgan fingerprint density at radius 3 is 2.29 bits per heavy atom. The van der Waals surface area contributed by atoms with Crippen LogP contribution in [0.5, 0.6) is 0 Å². The molecule has 0 heterocycles. The number of aryl methyl sites for hydroxylation is 1. The lowest BCUT2D eigenvalue weighted by Crippen LogP contribution is -2.17. The number of rotatable bonds is 3. The second-order valence-corrected chi connectivity index (χ2v) is 6.27. The van der Waals surface area contributed by atoms with E-state index in [2.05, 4.69) is 0 Å². The number of halogens is 3. The molecule has 0 radical (unpaired) electrons. The second kappa shape index (κ2) is 6.82. The molecule has 1 saturated carbocycles. The average molecular weight is 299 g/mol. The molecular weight excluding hydrogens is 275 g/mol. The van der Waals surface area contributed by atoms with E-state index in [1.165, 1.54) is 44.6 Å². The fraction of sp³-hybridized carbons (Fsp3) is 0.647. The van der Waals surface area contributed by atoms with Gasteiger partial charge in [-0.05, 0) is 42.5 Å². The molecule has 1 aliphatic rings. The standard InChI is InChI=1S/C17H24F3N/c1-12-10-14(17(18,19)20)8-9-15(12)16(21)11-13-6-4-2-3-5-7-13/h8-10,13,16H,2-7,11,21H2,1H3. The number of nitrogens with two attached hydrogens (primary N) is 1. The van der Waals surface area contributed by atoms with Gasteiger partial charge in [-0.1, -0.05) is 44.6 Å². The predicted molar refractivity (Wildman–Crippen MR) is 78.9 cm³/mol. The number of hydrogen-bond acceptors (Lipinski definition) is 1. The van der Waals surface area contributed by atoms with Crippen molar-refractivity contribution in [3.8, 4) is 0 Å². The number of hydrogen-bond donors (Lipinski definition) is 1. The molecule has 0 aromatic heterocycles. The van der Waals surface area contributed by atoms with Crippen molar-refractivity contribution in [2.24, 2.45) is 11.7 Å². The Labute approximate surface area is 124 Å². The predicted octanol–water partition coefficient (Wildman–Crippen LogP) is 5.37. The van der Waals surface area contributed by atoms with Crippen molar-refractivity contribution < 1.29 is 13.2 Å². The van der Waals surface area contributed by atoms with Gasteiger partial charge < -0.3 is 5.73 Å². The Bertz CT molecular complexity index is 460. The Hall–Kier alpha value is -1.03. The summed E-state index contributed by atoms with van der Waals surface area (Å²) >= 11 is 0. The van der Waals surface area contributed by atoms with Gasteiger partial charge in [-0.2, -0.15) is 13.2 Å². The Morgan fingerprint density at radius 1 is 1.14 bits per heavy atom. The number of benzene rings is 1. The maximum absolute atomic E-state index is 12.7. The molecule has 2 rings (SSSR count). The largest absolute Gasteiger partial charge is 0.416 e. The third-order valence-electron chi connectivity index (χ3n) is 4.56. The van der Waals surface area contributed by atoms with E-state index in [1.807, 2.05) is 0 Å². The van der Waals surface area contributed by atoms with Crippen LogP contribution in [0.15, 0.2) is 18.2 Å². The van der Waals surface area contributed by atoms with Gasteiger partial charge in [-0.25, -0.2) is 0 Å². The molecule has 4 heteroatoms. The minimum atomic E-state index is -4.28. The molecule has 1 aromatic carbocycles. The molecule has 118 valence electrons. The lowest BCUT2D eigenvalue weighted by molar-refractivity contribution is -0.137. The van der Waals surface area contributed by atoms with Crippen LogP contribution in [0.25, 0.3) is 0 Å². The van der Waals surface area contributed by atoms with Crippen LogP contribution in [-0.2, 0) is 6.18 Å². The SMILES string of the molecule is Cc1cc(C(F)(F)F)ccc1C(N)CC1CCCCCC1. The van der Waals surface area contributed by atoms with E-state index in [0.717, 1.165) is 18.1 Å². The number of alkyl halides is 3. The second-order valence-electron chi connectivity index (χ2n) is 6.27. The summed E-state index contributed by atoms with van der Waals surface area (Å²) in [7, 11) is 0. The van der Waals surface area contributed by atoms with Crippen LogP contribution in [0.3, 0.4) is 0 Å². The summed E-state index contributed by atoms with van der Waals surface area (Å²) in [4.78, 5) is 0. The molecule has 1 aromatic rings. The summed E-state index contributed by atoms with van der Waals surface area (Å²) in [5.74, 6) is 0.615. The normalized spacial score (nSPS) is 19.3. The highest BCUT2D eigenvalue weighted by molar-refractivity contribution is 5.34. The maximum Gasteiger partial charge on any atom is 0.416 e. The zero-order valence-corrected chi connectivity index (χ0v) is 12.5. The highest BCUT2D eigenvalue weighted by Crippen LogP contribution is 2.34. The smallest absolute Gasteiger partial charge is 0.324 e. The van der Waals surface area contributed by atoms with Crippen LogP contribution in [0.2, 0.25) is 0 Å². The quantitative estimate of drug-likeness (QED) is 0.746. The van der Waals surface area contributed by atoms with Crippen LogP contribution < -0.4 is 5.73 Å². The van der Waals surface area contributed by atoms with Crippen molar-refractivity contribution in [2.75, 3.05) is 0 Å². The van der Waals surface area contributed by atoms with Crippen LogP contribution in [0.4, 0.5) is 13.2 Å². The van der Waals surface area contributed by atoms with Crippen molar-refractivity contribution >= 4 is 0 Å². The summed E-state index contributed by atoms with van der Waals surface area (Å²) in [6.45, 7) is 1.72. The van der Waals surface area contributed by atoms with Crippen molar-refractivity contribution in [1.29, 1.82) is 0 Å². The van der Waals surface area contributed by atoms with Gasteiger partial charge in [0.05, 0.1) is 5.56 Å². The van der Waals surface area contributed by atoms with Crippen molar-refractivity contribution in [2.45, 2.75) is 64.1 Å². The lowest BCUT2D eigenvalue weighted by Gasteiger charge is -2.21. The topological polar surface area (TPSA) is 26.0 Å². The van der Waals surface area contributed by atoms with E-state index in [-0.39, 0.29) is 6.04 Å². The van der Waals surface area contributed by atoms with E-state index < -0.39 is 11.7 Å². The first-order valence-corrected chi connectivity index (χ1v) is 7.81. The molecule has 0 bridgehead atoms. The maximum atomic E-state index is 12.7. The summed E-state index contributed by atoms with van der Waals surface area (Å²) in [6, 6.07) is 3.76. The van der Waals surface area contributed by atoms with Crippen LogP contribution in [-0.4, -0.2) is 0 Å². The summed E-state index contributed by atoms with van der Waals surface area (Å²) in [5.41, 5.74) is 7.16. The van der Waals surface area contributed by atoms with E-state index in [0.29, 0.717) is 11.5 Å². The molecule has 0 saturated heterocycles. The third kappa shape index (κ3) is 4.47. The first-order valence-electron chi connectivity index (χ1n) is 7.81. The van der Waals surface area contributed by atoms with Gasteiger partial charge in [0, 0.05) is 6.04 Å². The zero-order valence-electron chi connectivity index (χ0n) is 12.5. The van der Waals surface area contributed by atoms with E-state index in [4.69, 9.17) is 5.73 Å².